The topological polar surface area (TPSA) is 80.2 Å². The number of hydrogen-bond acceptors (Lipinski definition) is 6. The molecule has 2 aliphatic carbocycles. The normalized spacial score (nSPS) is 17.6. The van der Waals surface area contributed by atoms with Gasteiger partial charge >= 0.3 is 0 Å². The third-order valence-corrected chi connectivity index (χ3v) is 7.24. The number of rotatable bonds is 8. The number of benzene rings is 1. The lowest BCUT2D eigenvalue weighted by molar-refractivity contribution is 0.0988. The fraction of sp³-hybridized carbons (Fsp3) is 0.522. The molecule has 0 aliphatic heterocycles. The van der Waals surface area contributed by atoms with Crippen LogP contribution in [0.15, 0.2) is 41.6 Å². The number of hydrogen-bond donors (Lipinski definition) is 0. The molecule has 0 spiro atoms. The Bertz CT molecular complexity index is 995. The highest BCUT2D eigenvalue weighted by Gasteiger charge is 2.30. The van der Waals surface area contributed by atoms with Crippen molar-refractivity contribution < 1.29 is 13.2 Å². The summed E-state index contributed by atoms with van der Waals surface area (Å²) in [6, 6.07) is 8.81. The van der Waals surface area contributed by atoms with Crippen LogP contribution in [0.5, 0.6) is 0 Å². The zero-order chi connectivity index (χ0) is 21.1. The molecule has 0 bridgehead atoms. The summed E-state index contributed by atoms with van der Waals surface area (Å²) in [6.45, 7) is 1.02. The molecule has 1 aromatic carbocycles. The summed E-state index contributed by atoms with van der Waals surface area (Å²) in [5, 5.41) is 0. The van der Waals surface area contributed by atoms with E-state index >= 15 is 0 Å². The van der Waals surface area contributed by atoms with E-state index in [0.717, 1.165) is 23.8 Å². The van der Waals surface area contributed by atoms with Gasteiger partial charge in [0.2, 0.25) is 0 Å². The molecule has 0 saturated heterocycles. The molecule has 0 atom stereocenters. The summed E-state index contributed by atoms with van der Waals surface area (Å²) < 4.78 is 23.2. The molecule has 2 aromatic rings. The Hall–Kier alpha value is -2.28. The van der Waals surface area contributed by atoms with E-state index in [1.54, 1.807) is 24.3 Å². The van der Waals surface area contributed by atoms with Crippen LogP contribution in [0.25, 0.3) is 0 Å². The molecular formula is C23H29N3O3S. The first-order chi connectivity index (χ1) is 14.4. The van der Waals surface area contributed by atoms with E-state index in [0.29, 0.717) is 11.7 Å². The summed E-state index contributed by atoms with van der Waals surface area (Å²) in [6.07, 6.45) is 11.6. The predicted molar refractivity (Wildman–Crippen MR) is 117 cm³/mol. The average Bonchev–Trinajstić information content (AvgIpc) is 3.57. The first-order valence-corrected chi connectivity index (χ1v) is 12.7. The molecule has 1 aromatic heterocycles. The van der Waals surface area contributed by atoms with Gasteiger partial charge in [-0.3, -0.25) is 4.79 Å². The van der Waals surface area contributed by atoms with Crippen molar-refractivity contribution in [1.29, 1.82) is 0 Å². The molecule has 1 heterocycles. The Labute approximate surface area is 178 Å². The van der Waals surface area contributed by atoms with Gasteiger partial charge in [0.1, 0.15) is 17.8 Å². The van der Waals surface area contributed by atoms with Crippen molar-refractivity contribution in [2.75, 3.05) is 17.7 Å². The third kappa shape index (κ3) is 5.25. The Morgan fingerprint density at radius 3 is 2.37 bits per heavy atom. The number of anilines is 1. The van der Waals surface area contributed by atoms with E-state index in [1.165, 1.54) is 57.5 Å². The average molecular weight is 428 g/mol. The number of carbonyl (C=O) groups excluding carboxylic acids is 1. The van der Waals surface area contributed by atoms with Gasteiger partial charge < -0.3 is 4.90 Å². The van der Waals surface area contributed by atoms with Gasteiger partial charge in [-0.1, -0.05) is 31.4 Å². The van der Waals surface area contributed by atoms with Gasteiger partial charge in [-0.15, -0.1) is 0 Å². The number of Topliss-reactive ketones (excluding diaryl/α,β-unsaturated/α-hetero) is 1. The van der Waals surface area contributed by atoms with Gasteiger partial charge in [0.15, 0.2) is 15.6 Å². The van der Waals surface area contributed by atoms with E-state index in [2.05, 4.69) is 14.9 Å². The van der Waals surface area contributed by atoms with Gasteiger partial charge in [0, 0.05) is 31.3 Å². The van der Waals surface area contributed by atoms with Crippen molar-refractivity contribution in [3.8, 4) is 0 Å². The molecule has 6 nitrogen and oxygen atoms in total. The second kappa shape index (κ2) is 8.84. The van der Waals surface area contributed by atoms with Crippen LogP contribution in [0.3, 0.4) is 0 Å². The van der Waals surface area contributed by atoms with E-state index in [9.17, 15) is 13.2 Å². The number of nitrogens with zero attached hydrogens (tertiary/aromatic N) is 3. The molecule has 7 heteroatoms. The van der Waals surface area contributed by atoms with Crippen molar-refractivity contribution >= 4 is 21.4 Å². The van der Waals surface area contributed by atoms with E-state index < -0.39 is 9.84 Å². The minimum Gasteiger partial charge on any atom is -0.353 e. The summed E-state index contributed by atoms with van der Waals surface area (Å²) in [5.74, 6) is 1.52. The summed E-state index contributed by atoms with van der Waals surface area (Å²) in [5.41, 5.74) is 1.19. The minimum absolute atomic E-state index is 0.0826. The van der Waals surface area contributed by atoms with Crippen molar-refractivity contribution in [1.82, 2.24) is 9.97 Å². The van der Waals surface area contributed by atoms with E-state index in [4.69, 9.17) is 0 Å². The molecule has 2 fully saturated rings. The zero-order valence-corrected chi connectivity index (χ0v) is 18.3. The highest BCUT2D eigenvalue weighted by atomic mass is 32.2. The fourth-order valence-electron chi connectivity index (χ4n) is 4.19. The fourth-order valence-corrected chi connectivity index (χ4v) is 4.82. The highest BCUT2D eigenvalue weighted by Crippen LogP contribution is 2.34. The van der Waals surface area contributed by atoms with Crippen LogP contribution in [0.4, 0.5) is 5.82 Å². The Kier molecular flexibility index (Phi) is 6.18. The number of aromatic nitrogens is 2. The number of carbonyl (C=O) groups is 1. The summed E-state index contributed by atoms with van der Waals surface area (Å²) in [7, 11) is -3.24. The second-order valence-electron chi connectivity index (χ2n) is 8.67. The Morgan fingerprint density at radius 1 is 1.03 bits per heavy atom. The monoisotopic (exact) mass is 427 g/mol. The highest BCUT2D eigenvalue weighted by molar-refractivity contribution is 7.90. The maximum atomic E-state index is 12.9. The van der Waals surface area contributed by atoms with Crippen molar-refractivity contribution in [2.45, 2.75) is 62.3 Å². The number of sulfone groups is 1. The predicted octanol–water partition coefficient (Wildman–Crippen LogP) is 3.85. The van der Waals surface area contributed by atoms with Crippen molar-refractivity contribution in [2.24, 2.45) is 5.92 Å². The van der Waals surface area contributed by atoms with Crippen LogP contribution in [0, 0.1) is 5.92 Å². The van der Waals surface area contributed by atoms with Gasteiger partial charge in [-0.25, -0.2) is 18.4 Å². The molecular weight excluding hydrogens is 398 g/mol. The maximum absolute atomic E-state index is 12.9. The van der Waals surface area contributed by atoms with Gasteiger partial charge in [0.05, 0.1) is 4.90 Å². The second-order valence-corrected chi connectivity index (χ2v) is 10.7. The zero-order valence-electron chi connectivity index (χ0n) is 17.5. The van der Waals surface area contributed by atoms with E-state index in [-0.39, 0.29) is 17.1 Å². The van der Waals surface area contributed by atoms with Gasteiger partial charge in [0.25, 0.3) is 0 Å². The first kappa shape index (κ1) is 21.0. The molecule has 2 saturated carbocycles. The lowest BCUT2D eigenvalue weighted by atomic mass is 9.94. The molecule has 0 radical (unpaired) electrons. The van der Waals surface area contributed by atoms with Crippen molar-refractivity contribution in [3.05, 3.63) is 47.9 Å². The Morgan fingerprint density at radius 2 is 1.73 bits per heavy atom. The molecule has 0 amide bonds. The lowest BCUT2D eigenvalue weighted by Crippen LogP contribution is -2.39. The lowest BCUT2D eigenvalue weighted by Gasteiger charge is -2.35. The van der Waals surface area contributed by atoms with Crippen molar-refractivity contribution in [3.63, 3.8) is 0 Å². The molecule has 0 N–H and O–H groups in total. The van der Waals surface area contributed by atoms with Crippen LogP contribution in [-0.4, -0.2) is 43.0 Å². The number of ketones is 1. The smallest absolute Gasteiger partial charge is 0.185 e. The minimum atomic E-state index is -3.24. The van der Waals surface area contributed by atoms with Gasteiger partial charge in [-0.2, -0.15) is 0 Å². The molecule has 30 heavy (non-hydrogen) atoms. The van der Waals surface area contributed by atoms with Gasteiger partial charge in [-0.05, 0) is 49.3 Å². The van der Waals surface area contributed by atoms with Crippen LogP contribution in [0.2, 0.25) is 0 Å². The Balaban J connectivity index is 1.50. The van der Waals surface area contributed by atoms with Crippen LogP contribution < -0.4 is 4.90 Å². The largest absolute Gasteiger partial charge is 0.353 e. The first-order valence-electron chi connectivity index (χ1n) is 10.8. The third-order valence-electron chi connectivity index (χ3n) is 6.12. The summed E-state index contributed by atoms with van der Waals surface area (Å²) in [4.78, 5) is 24.3. The van der Waals surface area contributed by atoms with Crippen LogP contribution in [0.1, 0.15) is 61.0 Å². The van der Waals surface area contributed by atoms with Crippen LogP contribution >= 0.6 is 0 Å². The standard InChI is InChI=1S/C23H29N3O3S/c1-30(28,29)20-11-9-17(10-12-20)13-22(27)21-14-23(25-16-24-21)26(15-18-7-8-18)19-5-3-2-4-6-19/h9-12,14,16,18-19H,2-8,13,15H2,1H3. The quantitative estimate of drug-likeness (QED) is 0.595. The molecule has 160 valence electrons. The van der Waals surface area contributed by atoms with Crippen LogP contribution in [-0.2, 0) is 16.3 Å². The maximum Gasteiger partial charge on any atom is 0.185 e. The molecule has 4 rings (SSSR count). The molecule has 0 unspecified atom stereocenters. The van der Waals surface area contributed by atoms with E-state index in [1.807, 2.05) is 6.07 Å². The SMILES string of the molecule is CS(=O)(=O)c1ccc(CC(=O)c2cc(N(CC3CC3)C3CCCCC3)ncn2)cc1. The molecule has 2 aliphatic rings. The summed E-state index contributed by atoms with van der Waals surface area (Å²) >= 11 is 0.